The van der Waals surface area contributed by atoms with E-state index in [1.165, 1.54) is 4.90 Å². The Morgan fingerprint density at radius 3 is 2.53 bits per heavy atom. The van der Waals surface area contributed by atoms with Gasteiger partial charge in [-0.3, -0.25) is 14.5 Å². The van der Waals surface area contributed by atoms with E-state index >= 15 is 0 Å². The lowest BCUT2D eigenvalue weighted by Gasteiger charge is -2.22. The highest BCUT2D eigenvalue weighted by Crippen LogP contribution is 2.30. The predicted molar refractivity (Wildman–Crippen MR) is 135 cm³/mol. The molecule has 1 fully saturated rings. The molecule has 0 radical (unpaired) electrons. The second kappa shape index (κ2) is 10.7. The van der Waals surface area contributed by atoms with E-state index in [1.54, 1.807) is 71.8 Å². The molecule has 1 aromatic heterocycles. The first kappa shape index (κ1) is 23.8. The van der Waals surface area contributed by atoms with Gasteiger partial charge in [0.25, 0.3) is 5.91 Å². The normalized spacial score (nSPS) is 15.6. The number of carbonyl (C=O) groups excluding carboxylic acids is 2. The molecular formula is C25H24ClN3O4S. The van der Waals surface area contributed by atoms with E-state index in [4.69, 9.17) is 33.0 Å². The van der Waals surface area contributed by atoms with Gasteiger partial charge in [-0.25, -0.2) is 0 Å². The molecule has 0 spiro atoms. The van der Waals surface area contributed by atoms with Crippen LogP contribution in [0.3, 0.4) is 0 Å². The molecule has 176 valence electrons. The summed E-state index contributed by atoms with van der Waals surface area (Å²) in [5.74, 6) is 0.795. The molecule has 0 unspecified atom stereocenters. The van der Waals surface area contributed by atoms with Gasteiger partial charge < -0.3 is 19.4 Å². The van der Waals surface area contributed by atoms with Crippen LogP contribution < -0.4 is 15.0 Å². The first-order valence-corrected chi connectivity index (χ1v) is 11.7. The highest BCUT2D eigenvalue weighted by atomic mass is 35.5. The van der Waals surface area contributed by atoms with Crippen LogP contribution in [0, 0.1) is 0 Å². The first-order valence-electron chi connectivity index (χ1n) is 10.9. The fraction of sp³-hybridized carbons (Fsp3) is 0.240. The third-order valence-electron chi connectivity index (χ3n) is 5.30. The average molecular weight is 498 g/mol. The number of benzene rings is 2. The molecule has 0 aliphatic carbocycles. The molecule has 2 heterocycles. The molecule has 1 aliphatic heterocycles. The summed E-state index contributed by atoms with van der Waals surface area (Å²) in [7, 11) is 0. The number of thiocarbonyl (C=S) groups is 1. The minimum Gasteiger partial charge on any atom is -0.494 e. The molecule has 1 N–H and O–H groups in total. The molecule has 9 heteroatoms. The van der Waals surface area contributed by atoms with E-state index in [1.807, 2.05) is 6.92 Å². The Bertz CT molecular complexity index is 1150. The third kappa shape index (κ3) is 5.40. The number of nitrogens with zero attached hydrogens (tertiary/aromatic N) is 2. The van der Waals surface area contributed by atoms with Crippen LogP contribution in [0.4, 0.5) is 11.4 Å². The van der Waals surface area contributed by atoms with Crippen LogP contribution in [0.1, 0.15) is 25.5 Å². The Kier molecular flexibility index (Phi) is 7.49. The van der Waals surface area contributed by atoms with E-state index in [0.717, 1.165) is 12.2 Å². The van der Waals surface area contributed by atoms with Gasteiger partial charge in [-0.15, -0.1) is 0 Å². The number of nitrogens with one attached hydrogen (secondary N) is 1. The Labute approximate surface area is 208 Å². The maximum absolute atomic E-state index is 13.4. The zero-order valence-corrected chi connectivity index (χ0v) is 20.1. The summed E-state index contributed by atoms with van der Waals surface area (Å²) in [4.78, 5) is 29.5. The number of hydrogen-bond acceptors (Lipinski definition) is 5. The Morgan fingerprint density at radius 2 is 1.88 bits per heavy atom. The van der Waals surface area contributed by atoms with Gasteiger partial charge in [-0.2, -0.15) is 0 Å². The van der Waals surface area contributed by atoms with Crippen LogP contribution in [0.25, 0.3) is 0 Å². The van der Waals surface area contributed by atoms with Gasteiger partial charge >= 0.3 is 0 Å². The number of ether oxygens (including phenoxy) is 1. The summed E-state index contributed by atoms with van der Waals surface area (Å²) in [5, 5.41) is 3.71. The molecule has 3 aromatic rings. The predicted octanol–water partition coefficient (Wildman–Crippen LogP) is 5.25. The highest BCUT2D eigenvalue weighted by molar-refractivity contribution is 7.80. The van der Waals surface area contributed by atoms with Crippen LogP contribution in [0.15, 0.2) is 71.3 Å². The topological polar surface area (TPSA) is 75.0 Å². The van der Waals surface area contributed by atoms with E-state index < -0.39 is 6.04 Å². The summed E-state index contributed by atoms with van der Waals surface area (Å²) in [5.41, 5.74) is 1.21. The lowest BCUT2D eigenvalue weighted by atomic mass is 10.1. The molecule has 1 atom stereocenters. The van der Waals surface area contributed by atoms with Crippen molar-refractivity contribution < 1.29 is 18.7 Å². The highest BCUT2D eigenvalue weighted by Gasteiger charge is 2.44. The zero-order valence-electron chi connectivity index (χ0n) is 18.6. The van der Waals surface area contributed by atoms with Crippen LogP contribution >= 0.6 is 23.8 Å². The number of anilines is 2. The van der Waals surface area contributed by atoms with Crippen molar-refractivity contribution in [2.45, 2.75) is 32.4 Å². The van der Waals surface area contributed by atoms with Gasteiger partial charge in [0.05, 0.1) is 31.5 Å². The molecular weight excluding hydrogens is 474 g/mol. The monoisotopic (exact) mass is 497 g/mol. The summed E-state index contributed by atoms with van der Waals surface area (Å²) in [6, 6.07) is 16.8. The standard InChI is InChI=1S/C25H24ClN3O4S/c1-2-13-32-20-11-7-18(8-12-20)27-23(30)15-22-24(31)29(19-9-5-17(26)6-10-19)25(34)28(22)16-21-4-3-14-33-21/h3-12,14,22H,2,13,15-16H2,1H3,(H,27,30)/t22-/m1/s1. The van der Waals surface area contributed by atoms with E-state index in [-0.39, 0.29) is 24.8 Å². The summed E-state index contributed by atoms with van der Waals surface area (Å²) in [6.45, 7) is 2.93. The Morgan fingerprint density at radius 1 is 1.15 bits per heavy atom. The maximum atomic E-state index is 13.4. The summed E-state index contributed by atoms with van der Waals surface area (Å²) in [6.07, 6.45) is 2.40. The lowest BCUT2D eigenvalue weighted by molar-refractivity contribution is -0.124. The maximum Gasteiger partial charge on any atom is 0.256 e. The van der Waals surface area contributed by atoms with Crippen molar-refractivity contribution in [2.75, 3.05) is 16.8 Å². The van der Waals surface area contributed by atoms with Gasteiger partial charge in [-0.1, -0.05) is 18.5 Å². The van der Waals surface area contributed by atoms with Crippen molar-refractivity contribution in [1.29, 1.82) is 0 Å². The molecule has 0 bridgehead atoms. The SMILES string of the molecule is CCCOc1ccc(NC(=O)C[C@@H]2C(=O)N(c3ccc(Cl)cc3)C(=S)N2Cc2ccco2)cc1. The molecule has 1 aliphatic rings. The van der Waals surface area contributed by atoms with E-state index in [2.05, 4.69) is 5.32 Å². The van der Waals surface area contributed by atoms with Crippen LogP contribution in [0.5, 0.6) is 5.75 Å². The van der Waals surface area contributed by atoms with E-state index in [9.17, 15) is 9.59 Å². The fourth-order valence-corrected chi connectivity index (χ4v) is 4.17. The molecule has 34 heavy (non-hydrogen) atoms. The minimum atomic E-state index is -0.777. The van der Waals surface area contributed by atoms with Gasteiger partial charge in [0.1, 0.15) is 17.6 Å². The van der Waals surface area contributed by atoms with Gasteiger partial charge in [0.2, 0.25) is 5.91 Å². The number of halogens is 1. The van der Waals surface area contributed by atoms with Crippen molar-refractivity contribution in [2.24, 2.45) is 0 Å². The van der Waals surface area contributed by atoms with Crippen molar-refractivity contribution >= 4 is 52.1 Å². The quantitative estimate of drug-likeness (QED) is 0.407. The largest absolute Gasteiger partial charge is 0.494 e. The number of carbonyl (C=O) groups is 2. The number of hydrogen-bond donors (Lipinski definition) is 1. The molecule has 0 saturated carbocycles. The number of amides is 2. The van der Waals surface area contributed by atoms with Crippen LogP contribution in [-0.2, 0) is 16.1 Å². The van der Waals surface area contributed by atoms with Crippen molar-refractivity contribution in [1.82, 2.24) is 4.90 Å². The van der Waals surface area contributed by atoms with Gasteiger partial charge in [0, 0.05) is 10.7 Å². The zero-order chi connectivity index (χ0) is 24.1. The molecule has 7 nitrogen and oxygen atoms in total. The smallest absolute Gasteiger partial charge is 0.256 e. The second-order valence-electron chi connectivity index (χ2n) is 7.78. The molecule has 2 aromatic carbocycles. The minimum absolute atomic E-state index is 0.0716. The van der Waals surface area contributed by atoms with Crippen molar-refractivity contribution in [3.63, 3.8) is 0 Å². The number of furan rings is 1. The molecule has 1 saturated heterocycles. The van der Waals surface area contributed by atoms with Gasteiger partial charge in [0.15, 0.2) is 5.11 Å². The Hall–Kier alpha value is -3.36. The molecule has 4 rings (SSSR count). The van der Waals surface area contributed by atoms with Crippen LogP contribution in [-0.4, -0.2) is 34.5 Å². The lowest BCUT2D eigenvalue weighted by Crippen LogP contribution is -2.37. The number of rotatable bonds is 9. The fourth-order valence-electron chi connectivity index (χ4n) is 3.65. The van der Waals surface area contributed by atoms with E-state index in [0.29, 0.717) is 33.9 Å². The first-order chi connectivity index (χ1) is 16.5. The third-order valence-corrected chi connectivity index (χ3v) is 5.97. The summed E-state index contributed by atoms with van der Waals surface area (Å²) < 4.78 is 11.0. The average Bonchev–Trinajstić information content (AvgIpc) is 3.42. The Balaban J connectivity index is 1.51. The van der Waals surface area contributed by atoms with Crippen LogP contribution in [0.2, 0.25) is 5.02 Å². The van der Waals surface area contributed by atoms with Crippen molar-refractivity contribution in [3.05, 3.63) is 77.7 Å². The second-order valence-corrected chi connectivity index (χ2v) is 8.58. The molecule has 2 amide bonds. The van der Waals surface area contributed by atoms with Crippen molar-refractivity contribution in [3.8, 4) is 5.75 Å². The summed E-state index contributed by atoms with van der Waals surface area (Å²) >= 11 is 11.7. The van der Waals surface area contributed by atoms with Gasteiger partial charge in [-0.05, 0) is 79.3 Å².